The van der Waals surface area contributed by atoms with Gasteiger partial charge < -0.3 is 9.32 Å². The summed E-state index contributed by atoms with van der Waals surface area (Å²) in [4.78, 5) is 32.2. The zero-order valence-electron chi connectivity index (χ0n) is 13.4. The summed E-state index contributed by atoms with van der Waals surface area (Å²) < 4.78 is 7.52. The normalized spacial score (nSPS) is 23.5. The molecule has 1 aromatic carbocycles. The number of furan rings is 1. The molecule has 0 N–H and O–H groups in total. The van der Waals surface area contributed by atoms with Crippen LogP contribution in [0.25, 0.3) is 22.1 Å². The molecule has 0 radical (unpaired) electrons. The molecule has 5 rings (SSSR count). The van der Waals surface area contributed by atoms with E-state index in [1.165, 1.54) is 0 Å². The molecule has 122 valence electrons. The van der Waals surface area contributed by atoms with Gasteiger partial charge in [0.25, 0.3) is 5.56 Å². The number of carbonyl (C=O) groups is 1. The smallest absolute Gasteiger partial charge is 0.297 e. The molecule has 3 heterocycles. The molecule has 2 aliphatic rings. The van der Waals surface area contributed by atoms with Gasteiger partial charge in [-0.25, -0.2) is 4.98 Å². The first-order valence-electron chi connectivity index (χ1n) is 8.33. The second-order valence-corrected chi connectivity index (χ2v) is 6.78. The van der Waals surface area contributed by atoms with Crippen molar-refractivity contribution in [1.29, 1.82) is 0 Å². The van der Waals surface area contributed by atoms with Gasteiger partial charge in [-0.3, -0.25) is 14.2 Å². The van der Waals surface area contributed by atoms with Crippen molar-refractivity contribution in [1.82, 2.24) is 14.5 Å². The zero-order valence-corrected chi connectivity index (χ0v) is 13.4. The van der Waals surface area contributed by atoms with Gasteiger partial charge in [0.1, 0.15) is 16.9 Å². The van der Waals surface area contributed by atoms with E-state index < -0.39 is 0 Å². The maximum Gasteiger partial charge on any atom is 0.297 e. The number of carbonyl (C=O) groups excluding carboxylic acids is 1. The fourth-order valence-corrected chi connectivity index (χ4v) is 4.26. The second-order valence-electron chi connectivity index (χ2n) is 6.78. The van der Waals surface area contributed by atoms with Crippen LogP contribution >= 0.6 is 0 Å². The molecule has 24 heavy (non-hydrogen) atoms. The Morgan fingerprint density at radius 1 is 1.21 bits per heavy atom. The lowest BCUT2D eigenvalue weighted by Gasteiger charge is -2.19. The maximum atomic E-state index is 13.2. The van der Waals surface area contributed by atoms with Crippen LogP contribution in [0.4, 0.5) is 0 Å². The van der Waals surface area contributed by atoms with E-state index in [0.717, 1.165) is 24.6 Å². The molecule has 6 nitrogen and oxygen atoms in total. The number of para-hydroxylation sites is 1. The third kappa shape index (κ3) is 1.68. The van der Waals surface area contributed by atoms with Crippen molar-refractivity contribution in [2.24, 2.45) is 5.92 Å². The molecule has 2 atom stereocenters. The van der Waals surface area contributed by atoms with Crippen molar-refractivity contribution < 1.29 is 9.21 Å². The van der Waals surface area contributed by atoms with E-state index >= 15 is 0 Å². The van der Waals surface area contributed by atoms with Crippen molar-refractivity contribution in [3.63, 3.8) is 0 Å². The molecule has 1 aliphatic heterocycles. The topological polar surface area (TPSA) is 68.3 Å². The molecule has 0 spiro atoms. The third-order valence-electron chi connectivity index (χ3n) is 5.38. The van der Waals surface area contributed by atoms with Gasteiger partial charge in [-0.15, -0.1) is 0 Å². The molecule has 3 aromatic rings. The minimum Gasteiger partial charge on any atom is -0.448 e. The summed E-state index contributed by atoms with van der Waals surface area (Å²) in [6.07, 6.45) is 2.63. The van der Waals surface area contributed by atoms with E-state index in [-0.39, 0.29) is 23.4 Å². The van der Waals surface area contributed by atoms with E-state index in [2.05, 4.69) is 0 Å². The Kier molecular flexibility index (Phi) is 2.69. The first-order chi connectivity index (χ1) is 11.6. The molecule has 0 unspecified atom stereocenters. The lowest BCUT2D eigenvalue weighted by atomic mass is 10.0. The average Bonchev–Trinajstić information content (AvgIpc) is 3.17. The number of nitrogens with zero attached hydrogens (tertiary/aromatic N) is 3. The third-order valence-corrected chi connectivity index (χ3v) is 5.38. The molecule has 1 saturated carbocycles. The van der Waals surface area contributed by atoms with Crippen LogP contribution in [0.5, 0.6) is 0 Å². The Morgan fingerprint density at radius 3 is 2.92 bits per heavy atom. The lowest BCUT2D eigenvalue weighted by Crippen LogP contribution is -2.32. The largest absolute Gasteiger partial charge is 0.448 e. The van der Waals surface area contributed by atoms with Crippen LogP contribution in [0, 0.1) is 5.92 Å². The van der Waals surface area contributed by atoms with Gasteiger partial charge in [0, 0.05) is 12.4 Å². The molecule has 0 bridgehead atoms. The summed E-state index contributed by atoms with van der Waals surface area (Å²) in [5.41, 5.74) is 1.40. The summed E-state index contributed by atoms with van der Waals surface area (Å²) in [6.45, 7) is 0.358. The van der Waals surface area contributed by atoms with Crippen LogP contribution < -0.4 is 5.56 Å². The summed E-state index contributed by atoms with van der Waals surface area (Å²) in [7, 11) is 1.79. The van der Waals surface area contributed by atoms with Gasteiger partial charge in [0.05, 0.1) is 18.5 Å². The molecule has 1 fully saturated rings. The first kappa shape index (κ1) is 13.8. The van der Waals surface area contributed by atoms with Crippen molar-refractivity contribution in [3.05, 3.63) is 40.4 Å². The SMILES string of the molecule is CN1Cc2nc3c(oc4ccccc43)c(=O)n2[C@@H]2CCC[C@H]2C1=O. The molecule has 1 aliphatic carbocycles. The zero-order chi connectivity index (χ0) is 16.4. The molecular formula is C18H17N3O3. The predicted octanol–water partition coefficient (Wildman–Crippen LogP) is 2.46. The molecule has 1 amide bonds. The van der Waals surface area contributed by atoms with Crippen LogP contribution in [0.1, 0.15) is 31.1 Å². The van der Waals surface area contributed by atoms with E-state index in [9.17, 15) is 9.59 Å². The number of rotatable bonds is 0. The Bertz CT molecular complexity index is 1050. The number of hydrogen-bond acceptors (Lipinski definition) is 4. The minimum atomic E-state index is -0.161. The Labute approximate surface area is 137 Å². The van der Waals surface area contributed by atoms with Crippen molar-refractivity contribution >= 4 is 28.0 Å². The number of fused-ring (bicyclic) bond motifs is 6. The fraction of sp³-hybridized carbons (Fsp3) is 0.389. The molecular weight excluding hydrogens is 306 g/mol. The minimum absolute atomic E-state index is 0.102. The van der Waals surface area contributed by atoms with Crippen molar-refractivity contribution in [2.45, 2.75) is 31.8 Å². The highest BCUT2D eigenvalue weighted by Gasteiger charge is 2.40. The van der Waals surface area contributed by atoms with Gasteiger partial charge in [-0.2, -0.15) is 0 Å². The lowest BCUT2D eigenvalue weighted by molar-refractivity contribution is -0.134. The van der Waals surface area contributed by atoms with Crippen LogP contribution in [-0.2, 0) is 11.3 Å². The van der Waals surface area contributed by atoms with Crippen LogP contribution in [0.2, 0.25) is 0 Å². The Morgan fingerprint density at radius 2 is 2.04 bits per heavy atom. The Balaban J connectivity index is 1.87. The second kappa shape index (κ2) is 4.69. The quantitative estimate of drug-likeness (QED) is 0.637. The highest BCUT2D eigenvalue weighted by atomic mass is 16.3. The van der Waals surface area contributed by atoms with Gasteiger partial charge in [-0.05, 0) is 25.0 Å². The Hall–Kier alpha value is -2.63. The highest BCUT2D eigenvalue weighted by Crippen LogP contribution is 2.39. The number of hydrogen-bond donors (Lipinski definition) is 0. The molecule has 6 heteroatoms. The monoisotopic (exact) mass is 323 g/mol. The molecule has 0 saturated heterocycles. The van der Waals surface area contributed by atoms with Crippen LogP contribution in [0.15, 0.2) is 33.5 Å². The fourth-order valence-electron chi connectivity index (χ4n) is 4.26. The standard InChI is InChI=1S/C18H17N3O3/c1-20-9-14-19-15-11-5-2-3-8-13(11)24-16(15)18(23)21(14)12-7-4-6-10(12)17(20)22/h2-3,5,8,10,12H,4,6-7,9H2,1H3/t10-,12-/m1/s1. The van der Waals surface area contributed by atoms with E-state index in [4.69, 9.17) is 9.40 Å². The number of amides is 1. The molecule has 2 aromatic heterocycles. The summed E-state index contributed by atoms with van der Waals surface area (Å²) in [6, 6.07) is 7.45. The summed E-state index contributed by atoms with van der Waals surface area (Å²) in [5.74, 6) is 0.644. The van der Waals surface area contributed by atoms with Crippen molar-refractivity contribution in [2.75, 3.05) is 7.05 Å². The summed E-state index contributed by atoms with van der Waals surface area (Å²) >= 11 is 0. The number of aromatic nitrogens is 2. The van der Waals surface area contributed by atoms with Crippen LogP contribution in [0.3, 0.4) is 0 Å². The van der Waals surface area contributed by atoms with Crippen molar-refractivity contribution in [3.8, 4) is 0 Å². The van der Waals surface area contributed by atoms with Gasteiger partial charge in [-0.1, -0.05) is 18.6 Å². The summed E-state index contributed by atoms with van der Waals surface area (Å²) in [5, 5.41) is 0.842. The van der Waals surface area contributed by atoms with Gasteiger partial charge in [0.2, 0.25) is 11.5 Å². The highest BCUT2D eigenvalue weighted by molar-refractivity contribution is 6.01. The van der Waals surface area contributed by atoms with E-state index in [1.54, 1.807) is 16.5 Å². The van der Waals surface area contributed by atoms with Crippen LogP contribution in [-0.4, -0.2) is 27.4 Å². The maximum absolute atomic E-state index is 13.2. The van der Waals surface area contributed by atoms with Gasteiger partial charge >= 0.3 is 0 Å². The van der Waals surface area contributed by atoms with Gasteiger partial charge in [0.15, 0.2) is 0 Å². The van der Waals surface area contributed by atoms with E-state index in [1.807, 2.05) is 24.3 Å². The first-order valence-corrected chi connectivity index (χ1v) is 8.33. The van der Waals surface area contributed by atoms with E-state index in [0.29, 0.717) is 29.1 Å². The average molecular weight is 323 g/mol. The predicted molar refractivity (Wildman–Crippen MR) is 88.6 cm³/mol. The number of benzene rings is 1.